The van der Waals surface area contributed by atoms with Gasteiger partial charge < -0.3 is 15.0 Å². The summed E-state index contributed by atoms with van der Waals surface area (Å²) in [6.07, 6.45) is 0.794. The molecule has 43 heavy (non-hydrogen) atoms. The van der Waals surface area contributed by atoms with Gasteiger partial charge in [-0.2, -0.15) is 0 Å². The molecular weight excluding hydrogens is 569 g/mol. The summed E-state index contributed by atoms with van der Waals surface area (Å²) in [5, 5.41) is 26.5. The molecular formula is C34H30N3NaO4S. The molecule has 1 heterocycles. The van der Waals surface area contributed by atoms with Gasteiger partial charge in [-0.05, 0) is 45.4 Å². The molecule has 5 aromatic rings. The van der Waals surface area contributed by atoms with E-state index < -0.39 is 11.9 Å². The molecule has 0 fully saturated rings. The van der Waals surface area contributed by atoms with Crippen molar-refractivity contribution < 1.29 is 49.4 Å². The molecule has 9 heteroatoms. The molecule has 1 aromatic heterocycles. The fourth-order valence-corrected chi connectivity index (χ4v) is 5.60. The Labute approximate surface area is 277 Å². The van der Waals surface area contributed by atoms with Crippen LogP contribution in [0.15, 0.2) is 102 Å². The fourth-order valence-electron chi connectivity index (χ4n) is 4.78. The van der Waals surface area contributed by atoms with Crippen molar-refractivity contribution in [3.8, 4) is 22.3 Å². The van der Waals surface area contributed by atoms with Crippen LogP contribution in [0.25, 0.3) is 22.3 Å². The van der Waals surface area contributed by atoms with E-state index in [-0.39, 0.29) is 40.7 Å². The predicted octanol–water partition coefficient (Wildman–Crippen LogP) is 3.22. The maximum absolute atomic E-state index is 11.6. The van der Waals surface area contributed by atoms with Gasteiger partial charge in [0.15, 0.2) is 0 Å². The van der Waals surface area contributed by atoms with E-state index in [9.17, 15) is 19.8 Å². The Bertz CT molecular complexity index is 1720. The van der Waals surface area contributed by atoms with Gasteiger partial charge in [0.05, 0.1) is 18.1 Å². The van der Waals surface area contributed by atoms with Crippen LogP contribution in [0.2, 0.25) is 0 Å². The Morgan fingerprint density at radius 3 is 1.91 bits per heavy atom. The van der Waals surface area contributed by atoms with Crippen molar-refractivity contribution in [1.29, 1.82) is 0 Å². The average molecular weight is 600 g/mol. The van der Waals surface area contributed by atoms with Crippen LogP contribution in [-0.2, 0) is 18.7 Å². The van der Waals surface area contributed by atoms with E-state index in [2.05, 4.69) is 13.8 Å². The number of aromatic carboxylic acids is 2. The summed E-state index contributed by atoms with van der Waals surface area (Å²) in [4.78, 5) is 28.0. The van der Waals surface area contributed by atoms with Crippen LogP contribution in [0.1, 0.15) is 51.5 Å². The van der Waals surface area contributed by atoms with Crippen LogP contribution < -0.4 is 34.7 Å². The number of thioether (sulfide) groups is 1. The minimum atomic E-state index is -1.19. The van der Waals surface area contributed by atoms with Crippen molar-refractivity contribution in [2.24, 2.45) is 5.92 Å². The van der Waals surface area contributed by atoms with E-state index >= 15 is 0 Å². The normalized spacial score (nSPS) is 10.9. The van der Waals surface area contributed by atoms with Gasteiger partial charge in [-0.1, -0.05) is 117 Å². The third-order valence-corrected chi connectivity index (χ3v) is 7.76. The number of hydrogen-bond donors (Lipinski definition) is 1. The van der Waals surface area contributed by atoms with E-state index in [0.717, 1.165) is 34.5 Å². The summed E-state index contributed by atoms with van der Waals surface area (Å²) >= 11 is 1.56. The van der Waals surface area contributed by atoms with Crippen LogP contribution in [0.5, 0.6) is 0 Å². The van der Waals surface area contributed by atoms with E-state index in [1.165, 1.54) is 0 Å². The second kappa shape index (κ2) is 14.7. The SMILES string of the molecule is CC(C)Cc1nc(SCc2ccc(-c3ccccc3C(=O)O)cc2)nn1Cc1ccc(-c2ccccc2C(=O)[O-])cc1.[Na+]. The number of hydrogen-bond acceptors (Lipinski definition) is 6. The number of benzene rings is 4. The second-order valence-corrected chi connectivity index (χ2v) is 11.4. The molecule has 0 amide bonds. The molecule has 212 valence electrons. The number of carboxylic acids is 2. The van der Waals surface area contributed by atoms with Crippen LogP contribution in [0, 0.1) is 5.92 Å². The van der Waals surface area contributed by atoms with Crippen molar-refractivity contribution in [2.45, 2.75) is 37.7 Å². The predicted molar refractivity (Wildman–Crippen MR) is 162 cm³/mol. The second-order valence-electron chi connectivity index (χ2n) is 10.4. The quantitative estimate of drug-likeness (QED) is 0.184. The topological polar surface area (TPSA) is 108 Å². The molecule has 0 bridgehead atoms. The van der Waals surface area contributed by atoms with Gasteiger partial charge in [0.1, 0.15) is 5.82 Å². The first-order valence-corrected chi connectivity index (χ1v) is 14.6. The number of carboxylic acid groups (broad SMARTS) is 2. The first kappa shape index (κ1) is 32.2. The summed E-state index contributed by atoms with van der Waals surface area (Å²) in [5.74, 6) is -0.130. The molecule has 7 nitrogen and oxygen atoms in total. The Morgan fingerprint density at radius 1 is 0.814 bits per heavy atom. The smallest absolute Gasteiger partial charge is 0.545 e. The average Bonchev–Trinajstić information content (AvgIpc) is 3.36. The maximum Gasteiger partial charge on any atom is 1.00 e. The number of carbonyl (C=O) groups is 2. The third-order valence-electron chi connectivity index (χ3n) is 6.85. The van der Waals surface area contributed by atoms with Crippen LogP contribution in [0.3, 0.4) is 0 Å². The zero-order valence-electron chi connectivity index (χ0n) is 24.4. The van der Waals surface area contributed by atoms with Gasteiger partial charge in [0.2, 0.25) is 5.16 Å². The Kier molecular flexibility index (Phi) is 11.0. The van der Waals surface area contributed by atoms with Crippen molar-refractivity contribution in [1.82, 2.24) is 14.8 Å². The maximum atomic E-state index is 11.6. The summed E-state index contributed by atoms with van der Waals surface area (Å²) < 4.78 is 1.94. The summed E-state index contributed by atoms with van der Waals surface area (Å²) in [6, 6.07) is 29.6. The van der Waals surface area contributed by atoms with Crippen LogP contribution in [0.4, 0.5) is 0 Å². The molecule has 0 aliphatic carbocycles. The van der Waals surface area contributed by atoms with Crippen molar-refractivity contribution >= 4 is 23.7 Å². The van der Waals surface area contributed by atoms with Gasteiger partial charge in [-0.25, -0.2) is 14.5 Å². The van der Waals surface area contributed by atoms with Crippen LogP contribution >= 0.6 is 11.8 Å². The Hall–Kier alpha value is -3.69. The zero-order chi connectivity index (χ0) is 29.6. The molecule has 0 radical (unpaired) electrons. The van der Waals surface area contributed by atoms with Gasteiger partial charge in [-0.3, -0.25) is 0 Å². The van der Waals surface area contributed by atoms with E-state index in [0.29, 0.717) is 34.5 Å². The first-order valence-electron chi connectivity index (χ1n) is 13.7. The summed E-state index contributed by atoms with van der Waals surface area (Å²) in [5.41, 5.74) is 5.57. The third kappa shape index (κ3) is 8.03. The minimum absolute atomic E-state index is 0. The largest absolute Gasteiger partial charge is 1.00 e. The van der Waals surface area contributed by atoms with E-state index in [1.807, 2.05) is 71.4 Å². The molecule has 0 saturated carbocycles. The molecule has 0 saturated heterocycles. The number of rotatable bonds is 11. The van der Waals surface area contributed by atoms with Crippen molar-refractivity contribution in [3.05, 3.63) is 125 Å². The number of nitrogens with zero attached hydrogens (tertiary/aromatic N) is 3. The molecule has 0 unspecified atom stereocenters. The molecule has 0 atom stereocenters. The van der Waals surface area contributed by atoms with Gasteiger partial charge in [0, 0.05) is 17.7 Å². The van der Waals surface area contributed by atoms with Crippen LogP contribution in [-0.4, -0.2) is 31.8 Å². The number of aromatic nitrogens is 3. The van der Waals surface area contributed by atoms with Crippen molar-refractivity contribution in [3.63, 3.8) is 0 Å². The van der Waals surface area contributed by atoms with Gasteiger partial charge >= 0.3 is 35.5 Å². The van der Waals surface area contributed by atoms with Gasteiger partial charge in [0.25, 0.3) is 0 Å². The fraction of sp³-hybridized carbons (Fsp3) is 0.176. The zero-order valence-corrected chi connectivity index (χ0v) is 27.2. The Morgan fingerprint density at radius 2 is 1.35 bits per heavy atom. The van der Waals surface area contributed by atoms with Gasteiger partial charge in [-0.15, -0.1) is 5.10 Å². The molecule has 0 aliphatic heterocycles. The van der Waals surface area contributed by atoms with E-state index in [4.69, 9.17) is 10.1 Å². The van der Waals surface area contributed by atoms with E-state index in [1.54, 1.807) is 42.1 Å². The number of carbonyl (C=O) groups excluding carboxylic acids is 1. The minimum Gasteiger partial charge on any atom is -0.545 e. The molecule has 4 aromatic carbocycles. The van der Waals surface area contributed by atoms with Crippen molar-refractivity contribution in [2.75, 3.05) is 0 Å². The monoisotopic (exact) mass is 599 g/mol. The molecule has 0 aliphatic rings. The first-order chi connectivity index (χ1) is 20.3. The molecule has 0 spiro atoms. The molecule has 5 rings (SSSR count). The molecule has 1 N–H and O–H groups in total. The standard InChI is InChI=1S/C34H31N3O4S.Na/c1-22(2)19-31-35-34(42-21-24-13-17-26(18-14-24)28-8-4-6-10-30(28)33(40)41)36-37(31)20-23-11-15-25(16-12-23)27-7-3-5-9-29(27)32(38)39;/h3-18,22H,19-21H2,1-2H3,(H,38,39)(H,40,41);/q;+1/p-1. The summed E-state index contributed by atoms with van der Waals surface area (Å²) in [6.45, 7) is 4.86. The Balaban J connectivity index is 0.00000423. The summed E-state index contributed by atoms with van der Waals surface area (Å²) in [7, 11) is 0.